The molecule has 3 heteroatoms. The smallest absolute Gasteiger partial charge is 0.104 e. The Morgan fingerprint density at radius 2 is 2.16 bits per heavy atom. The molecule has 1 heterocycles. The molecule has 0 radical (unpaired) electrons. The molecule has 19 heavy (non-hydrogen) atoms. The molecule has 1 N–H and O–H groups in total. The number of aliphatic hydroxyl groups excluding tert-OH is 1. The Hall–Kier alpha value is -0.820. The monoisotopic (exact) mass is 278 g/mol. The van der Waals surface area contributed by atoms with Crippen molar-refractivity contribution in [3.05, 3.63) is 21.9 Å². The third-order valence-electron chi connectivity index (χ3n) is 3.96. The van der Waals surface area contributed by atoms with Crippen molar-refractivity contribution in [1.82, 2.24) is 0 Å². The van der Waals surface area contributed by atoms with Crippen LogP contribution < -0.4 is 0 Å². The van der Waals surface area contributed by atoms with Gasteiger partial charge in [0.15, 0.2) is 0 Å². The fourth-order valence-corrected chi connectivity index (χ4v) is 3.30. The van der Waals surface area contributed by atoms with E-state index in [0.717, 1.165) is 16.7 Å². The summed E-state index contributed by atoms with van der Waals surface area (Å²) in [6.07, 6.45) is 4.07. The van der Waals surface area contributed by atoms with Gasteiger partial charge in [0.1, 0.15) is 6.61 Å². The zero-order chi connectivity index (χ0) is 13.7. The molecular weight excluding hydrogens is 256 g/mol. The predicted molar refractivity (Wildman–Crippen MR) is 79.0 cm³/mol. The molecule has 0 saturated heterocycles. The fourth-order valence-electron chi connectivity index (χ4n) is 2.50. The topological polar surface area (TPSA) is 29.5 Å². The molecule has 0 spiro atoms. The van der Waals surface area contributed by atoms with Crippen molar-refractivity contribution in [3.8, 4) is 11.8 Å². The lowest BCUT2D eigenvalue weighted by Crippen LogP contribution is -2.26. The van der Waals surface area contributed by atoms with Crippen molar-refractivity contribution in [3.63, 3.8) is 0 Å². The molecule has 1 aromatic rings. The molecule has 1 saturated carbocycles. The van der Waals surface area contributed by atoms with Gasteiger partial charge < -0.3 is 9.84 Å². The van der Waals surface area contributed by atoms with Crippen molar-refractivity contribution < 1.29 is 9.84 Å². The lowest BCUT2D eigenvalue weighted by atomic mass is 9.80. The molecule has 0 aliphatic heterocycles. The van der Waals surface area contributed by atoms with Crippen LogP contribution in [-0.2, 0) is 11.3 Å². The maximum absolute atomic E-state index is 8.66. The normalized spacial score (nSPS) is 26.8. The minimum absolute atomic E-state index is 0.0815. The SMILES string of the molecule is CC1CCC(OCc2ccc(C#CCO)s2)CC1C. The summed E-state index contributed by atoms with van der Waals surface area (Å²) in [6, 6.07) is 4.07. The third kappa shape index (κ3) is 4.35. The van der Waals surface area contributed by atoms with Crippen molar-refractivity contribution >= 4 is 11.3 Å². The summed E-state index contributed by atoms with van der Waals surface area (Å²) in [5, 5.41) is 8.66. The summed E-state index contributed by atoms with van der Waals surface area (Å²) < 4.78 is 6.02. The highest BCUT2D eigenvalue weighted by Gasteiger charge is 2.24. The van der Waals surface area contributed by atoms with Gasteiger partial charge in [-0.15, -0.1) is 11.3 Å². The van der Waals surface area contributed by atoms with E-state index in [0.29, 0.717) is 12.7 Å². The number of hydrogen-bond acceptors (Lipinski definition) is 3. The summed E-state index contributed by atoms with van der Waals surface area (Å²) in [5.74, 6) is 7.20. The van der Waals surface area contributed by atoms with Crippen LogP contribution in [0.5, 0.6) is 0 Å². The Bertz CT molecular complexity index is 455. The van der Waals surface area contributed by atoms with Crippen LogP contribution in [0.3, 0.4) is 0 Å². The molecule has 104 valence electrons. The van der Waals surface area contributed by atoms with E-state index in [1.54, 1.807) is 11.3 Å². The largest absolute Gasteiger partial charge is 0.384 e. The molecule has 0 bridgehead atoms. The van der Waals surface area contributed by atoms with Gasteiger partial charge >= 0.3 is 0 Å². The Labute approximate surface area is 119 Å². The molecule has 1 aromatic heterocycles. The summed E-state index contributed by atoms with van der Waals surface area (Å²) in [4.78, 5) is 2.21. The summed E-state index contributed by atoms with van der Waals surface area (Å²) in [6.45, 7) is 5.28. The van der Waals surface area contributed by atoms with Gasteiger partial charge in [-0.05, 0) is 43.2 Å². The van der Waals surface area contributed by atoms with E-state index in [1.807, 2.05) is 6.07 Å². The van der Waals surface area contributed by atoms with Gasteiger partial charge in [0.05, 0.1) is 17.6 Å². The molecule has 1 aliphatic carbocycles. The van der Waals surface area contributed by atoms with Crippen LogP contribution in [0.4, 0.5) is 0 Å². The van der Waals surface area contributed by atoms with E-state index in [2.05, 4.69) is 31.8 Å². The molecule has 1 aliphatic rings. The highest BCUT2D eigenvalue weighted by atomic mass is 32.1. The highest BCUT2D eigenvalue weighted by molar-refractivity contribution is 7.12. The molecule has 0 aromatic carbocycles. The van der Waals surface area contributed by atoms with Gasteiger partial charge in [-0.3, -0.25) is 0 Å². The second kappa shape index (κ2) is 7.09. The van der Waals surface area contributed by atoms with Crippen LogP contribution in [-0.4, -0.2) is 17.8 Å². The standard InChI is InChI=1S/C16H22O2S/c1-12-5-6-14(10-13(12)2)18-11-16-8-7-15(19-16)4-3-9-17/h7-8,12-14,17H,5-6,9-11H2,1-2H3. The van der Waals surface area contributed by atoms with Crippen molar-refractivity contribution in [2.24, 2.45) is 11.8 Å². The predicted octanol–water partition coefficient (Wildman–Crippen LogP) is 3.43. The first-order chi connectivity index (χ1) is 9.19. The van der Waals surface area contributed by atoms with Gasteiger partial charge in [0, 0.05) is 4.88 Å². The van der Waals surface area contributed by atoms with Gasteiger partial charge in [0.2, 0.25) is 0 Å². The van der Waals surface area contributed by atoms with Gasteiger partial charge in [0.25, 0.3) is 0 Å². The lowest BCUT2D eigenvalue weighted by Gasteiger charge is -2.31. The molecule has 1 fully saturated rings. The van der Waals surface area contributed by atoms with Gasteiger partial charge in [-0.1, -0.05) is 25.7 Å². The van der Waals surface area contributed by atoms with Crippen LogP contribution in [0.1, 0.15) is 42.9 Å². The first kappa shape index (κ1) is 14.6. The zero-order valence-corrected chi connectivity index (χ0v) is 12.5. The van der Waals surface area contributed by atoms with E-state index >= 15 is 0 Å². The average molecular weight is 278 g/mol. The van der Waals surface area contributed by atoms with Crippen LogP contribution in [0, 0.1) is 23.7 Å². The minimum atomic E-state index is -0.0815. The van der Waals surface area contributed by atoms with Crippen LogP contribution in [0.15, 0.2) is 12.1 Å². The van der Waals surface area contributed by atoms with E-state index in [1.165, 1.54) is 24.1 Å². The fraction of sp³-hybridized carbons (Fsp3) is 0.625. The summed E-state index contributed by atoms with van der Waals surface area (Å²) in [7, 11) is 0. The number of ether oxygens (including phenoxy) is 1. The van der Waals surface area contributed by atoms with Crippen LogP contribution in [0.25, 0.3) is 0 Å². The van der Waals surface area contributed by atoms with Crippen molar-refractivity contribution in [2.45, 2.75) is 45.8 Å². The molecular formula is C16H22O2S. The Kier molecular flexibility index (Phi) is 5.45. The maximum Gasteiger partial charge on any atom is 0.104 e. The van der Waals surface area contributed by atoms with E-state index in [-0.39, 0.29) is 6.61 Å². The van der Waals surface area contributed by atoms with E-state index in [4.69, 9.17) is 9.84 Å². The molecule has 2 nitrogen and oxygen atoms in total. The van der Waals surface area contributed by atoms with Gasteiger partial charge in [-0.25, -0.2) is 0 Å². The number of rotatable bonds is 3. The number of aliphatic hydroxyl groups is 1. The summed E-state index contributed by atoms with van der Waals surface area (Å²) in [5.41, 5.74) is 0. The van der Waals surface area contributed by atoms with Crippen LogP contribution in [0.2, 0.25) is 0 Å². The van der Waals surface area contributed by atoms with E-state index < -0.39 is 0 Å². The molecule has 3 atom stereocenters. The maximum atomic E-state index is 8.66. The lowest BCUT2D eigenvalue weighted by molar-refractivity contribution is -0.00633. The number of thiophene rings is 1. The first-order valence-electron chi connectivity index (χ1n) is 6.99. The van der Waals surface area contributed by atoms with Crippen molar-refractivity contribution in [1.29, 1.82) is 0 Å². The quantitative estimate of drug-likeness (QED) is 0.858. The Morgan fingerprint density at radius 1 is 1.32 bits per heavy atom. The molecule has 2 rings (SSSR count). The zero-order valence-electron chi connectivity index (χ0n) is 11.7. The second-order valence-electron chi connectivity index (χ2n) is 5.43. The van der Waals surface area contributed by atoms with Crippen molar-refractivity contribution in [2.75, 3.05) is 6.61 Å². The Morgan fingerprint density at radius 3 is 2.89 bits per heavy atom. The summed E-state index contributed by atoms with van der Waals surface area (Å²) >= 11 is 1.65. The first-order valence-corrected chi connectivity index (χ1v) is 7.80. The third-order valence-corrected chi connectivity index (χ3v) is 4.94. The van der Waals surface area contributed by atoms with Gasteiger partial charge in [-0.2, -0.15) is 0 Å². The Balaban J connectivity index is 1.80. The minimum Gasteiger partial charge on any atom is -0.384 e. The molecule has 0 amide bonds. The van der Waals surface area contributed by atoms with E-state index in [9.17, 15) is 0 Å². The van der Waals surface area contributed by atoms with Crippen LogP contribution >= 0.6 is 11.3 Å². The highest BCUT2D eigenvalue weighted by Crippen LogP contribution is 2.31. The second-order valence-corrected chi connectivity index (χ2v) is 6.59. The average Bonchev–Trinajstić information content (AvgIpc) is 2.86. The molecule has 3 unspecified atom stereocenters. The number of hydrogen-bond donors (Lipinski definition) is 1.